The number of aromatic nitrogens is 2. The van der Waals surface area contributed by atoms with Crippen LogP contribution in [-0.4, -0.2) is 22.3 Å². The number of hydrogen-bond acceptors (Lipinski definition) is 4. The average molecular weight is 408 g/mol. The van der Waals surface area contributed by atoms with Crippen LogP contribution in [0.1, 0.15) is 29.5 Å². The number of hydrogen-bond donors (Lipinski definition) is 1. The van der Waals surface area contributed by atoms with Crippen LogP contribution in [0.25, 0.3) is 0 Å². The lowest BCUT2D eigenvalue weighted by Gasteiger charge is -2.19. The first-order chi connectivity index (χ1) is 14.6. The molecule has 1 atom stereocenters. The molecule has 0 saturated heterocycles. The van der Waals surface area contributed by atoms with E-state index in [1.807, 2.05) is 60.7 Å². The topological polar surface area (TPSA) is 73.3 Å². The van der Waals surface area contributed by atoms with Gasteiger partial charge in [-0.25, -0.2) is 4.79 Å². The van der Waals surface area contributed by atoms with Gasteiger partial charge in [0.25, 0.3) is 5.56 Å². The summed E-state index contributed by atoms with van der Waals surface area (Å²) < 4.78 is 13.5. The van der Waals surface area contributed by atoms with Crippen molar-refractivity contribution in [1.82, 2.24) is 9.55 Å². The molecule has 1 aromatic heterocycles. The number of rotatable bonds is 11. The minimum Gasteiger partial charge on any atom is -0.377 e. The number of nitrogens with zero attached hydrogens (tertiary/aromatic N) is 1. The van der Waals surface area contributed by atoms with Crippen molar-refractivity contribution in [3.63, 3.8) is 0 Å². The van der Waals surface area contributed by atoms with Crippen LogP contribution >= 0.6 is 0 Å². The fraction of sp³-hybridized carbons (Fsp3) is 0.333. The van der Waals surface area contributed by atoms with E-state index in [2.05, 4.69) is 4.98 Å². The summed E-state index contributed by atoms with van der Waals surface area (Å²) >= 11 is 0. The Labute approximate surface area is 176 Å². The number of H-pyrrole nitrogens is 1. The number of benzene rings is 2. The Bertz CT molecular complexity index is 1010. The van der Waals surface area contributed by atoms with Crippen LogP contribution < -0.4 is 11.2 Å². The minimum atomic E-state index is -0.396. The second-order valence-electron chi connectivity index (χ2n) is 7.30. The summed E-state index contributed by atoms with van der Waals surface area (Å²) in [6, 6.07) is 20.0. The third-order valence-corrected chi connectivity index (χ3v) is 4.91. The molecule has 1 N–H and O–H groups in total. The monoisotopic (exact) mass is 408 g/mol. The Morgan fingerprint density at radius 1 is 0.900 bits per heavy atom. The molecule has 3 rings (SSSR count). The summed E-state index contributed by atoms with van der Waals surface area (Å²) in [5.41, 5.74) is 2.01. The van der Waals surface area contributed by atoms with E-state index in [0.717, 1.165) is 17.5 Å². The molecule has 6 heteroatoms. The van der Waals surface area contributed by atoms with E-state index >= 15 is 0 Å². The lowest BCUT2D eigenvalue weighted by atomic mass is 10.1. The molecule has 3 aromatic rings. The van der Waals surface area contributed by atoms with E-state index in [0.29, 0.717) is 38.3 Å². The van der Waals surface area contributed by atoms with E-state index in [-0.39, 0.29) is 11.7 Å². The number of nitrogens with one attached hydrogen (secondary N) is 1. The smallest absolute Gasteiger partial charge is 0.328 e. The molecule has 0 bridgehead atoms. The van der Waals surface area contributed by atoms with Crippen LogP contribution in [0.2, 0.25) is 0 Å². The van der Waals surface area contributed by atoms with E-state index in [1.54, 1.807) is 13.1 Å². The van der Waals surface area contributed by atoms with Gasteiger partial charge in [0.1, 0.15) is 0 Å². The quantitative estimate of drug-likeness (QED) is 0.494. The highest BCUT2D eigenvalue weighted by atomic mass is 16.5. The van der Waals surface area contributed by atoms with Crippen LogP contribution in [-0.2, 0) is 29.2 Å². The molecule has 30 heavy (non-hydrogen) atoms. The van der Waals surface area contributed by atoms with Crippen molar-refractivity contribution < 1.29 is 9.47 Å². The summed E-state index contributed by atoms with van der Waals surface area (Å²) in [7, 11) is 0. The van der Waals surface area contributed by atoms with E-state index in [9.17, 15) is 9.59 Å². The summed E-state index contributed by atoms with van der Waals surface area (Å²) in [5, 5.41) is 0. The van der Waals surface area contributed by atoms with Crippen LogP contribution in [0.4, 0.5) is 0 Å². The molecular formula is C24H28N2O4. The number of aryl methyl sites for hydroxylation is 2. The highest BCUT2D eigenvalue weighted by Gasteiger charge is 2.12. The summed E-state index contributed by atoms with van der Waals surface area (Å²) in [6.45, 7) is 3.78. The number of aromatic amines is 1. The minimum absolute atomic E-state index is 0.0693. The Balaban J connectivity index is 1.56. The van der Waals surface area contributed by atoms with Crippen molar-refractivity contribution >= 4 is 0 Å². The van der Waals surface area contributed by atoms with Crippen molar-refractivity contribution in [2.75, 3.05) is 6.61 Å². The van der Waals surface area contributed by atoms with Crippen molar-refractivity contribution in [2.24, 2.45) is 0 Å². The van der Waals surface area contributed by atoms with E-state index < -0.39 is 5.69 Å². The Morgan fingerprint density at radius 3 is 2.20 bits per heavy atom. The van der Waals surface area contributed by atoms with Crippen molar-refractivity contribution in [3.8, 4) is 0 Å². The molecule has 158 valence electrons. The molecule has 0 spiro atoms. The molecular weight excluding hydrogens is 380 g/mol. The van der Waals surface area contributed by atoms with Crippen molar-refractivity contribution in [3.05, 3.63) is 104 Å². The van der Waals surface area contributed by atoms with Gasteiger partial charge in [-0.05, 0) is 30.9 Å². The fourth-order valence-electron chi connectivity index (χ4n) is 3.15. The van der Waals surface area contributed by atoms with Gasteiger partial charge in [0.05, 0.1) is 19.3 Å². The molecule has 1 heterocycles. The lowest BCUT2D eigenvalue weighted by molar-refractivity contribution is 0.00212. The van der Waals surface area contributed by atoms with Crippen LogP contribution in [0.3, 0.4) is 0 Å². The molecule has 2 aromatic carbocycles. The van der Waals surface area contributed by atoms with Crippen molar-refractivity contribution in [2.45, 2.75) is 45.6 Å². The van der Waals surface area contributed by atoms with E-state index in [1.165, 1.54) is 4.57 Å². The second kappa shape index (κ2) is 11.3. The SMILES string of the molecule is Cc1cn(CC[C@@H](CCOCc2ccccc2)OCc2ccccc2)c(=O)[nH]c1=O. The zero-order valence-electron chi connectivity index (χ0n) is 17.3. The highest BCUT2D eigenvalue weighted by Crippen LogP contribution is 2.11. The standard InChI is InChI=1S/C24H28N2O4/c1-19-16-26(24(28)25-23(19)27)14-12-22(30-18-21-10-6-3-7-11-21)13-15-29-17-20-8-4-2-5-9-20/h2-11,16,22H,12-15,17-18H2,1H3,(H,25,27,28)/t22-/m0/s1. The molecule has 0 fully saturated rings. The van der Waals surface area contributed by atoms with Gasteiger partial charge in [0.2, 0.25) is 0 Å². The van der Waals surface area contributed by atoms with E-state index in [4.69, 9.17) is 9.47 Å². The van der Waals surface area contributed by atoms with Gasteiger partial charge < -0.3 is 14.0 Å². The molecule has 0 aliphatic heterocycles. The lowest BCUT2D eigenvalue weighted by Crippen LogP contribution is -2.32. The van der Waals surface area contributed by atoms with Gasteiger partial charge >= 0.3 is 5.69 Å². The molecule has 0 amide bonds. The first kappa shape index (κ1) is 21.7. The summed E-state index contributed by atoms with van der Waals surface area (Å²) in [5.74, 6) is 0. The molecule has 6 nitrogen and oxygen atoms in total. The van der Waals surface area contributed by atoms with Gasteiger partial charge in [-0.15, -0.1) is 0 Å². The zero-order chi connectivity index (χ0) is 21.2. The van der Waals surface area contributed by atoms with Crippen LogP contribution in [0.15, 0.2) is 76.4 Å². The molecule has 0 unspecified atom stereocenters. The predicted molar refractivity (Wildman–Crippen MR) is 116 cm³/mol. The Kier molecular flexibility index (Phi) is 8.18. The Morgan fingerprint density at radius 2 is 1.53 bits per heavy atom. The second-order valence-corrected chi connectivity index (χ2v) is 7.30. The predicted octanol–water partition coefficient (Wildman–Crippen LogP) is 3.43. The fourth-order valence-corrected chi connectivity index (χ4v) is 3.15. The summed E-state index contributed by atoms with van der Waals surface area (Å²) in [4.78, 5) is 26.0. The van der Waals surface area contributed by atoms with Crippen LogP contribution in [0.5, 0.6) is 0 Å². The molecule has 0 saturated carbocycles. The maximum atomic E-state index is 12.0. The average Bonchev–Trinajstić information content (AvgIpc) is 2.77. The molecule has 0 aliphatic carbocycles. The zero-order valence-corrected chi connectivity index (χ0v) is 17.3. The van der Waals surface area contributed by atoms with Gasteiger partial charge in [-0.1, -0.05) is 60.7 Å². The first-order valence-electron chi connectivity index (χ1n) is 10.2. The largest absolute Gasteiger partial charge is 0.377 e. The Hall–Kier alpha value is -2.96. The highest BCUT2D eigenvalue weighted by molar-refractivity contribution is 5.14. The molecule has 0 aliphatic rings. The molecule has 0 radical (unpaired) electrons. The summed E-state index contributed by atoms with van der Waals surface area (Å²) in [6.07, 6.45) is 2.89. The first-order valence-corrected chi connectivity index (χ1v) is 10.2. The van der Waals surface area contributed by atoms with Gasteiger partial charge in [0, 0.05) is 24.9 Å². The van der Waals surface area contributed by atoms with Gasteiger partial charge in [0.15, 0.2) is 0 Å². The number of ether oxygens (including phenoxy) is 2. The van der Waals surface area contributed by atoms with Crippen LogP contribution in [0, 0.1) is 6.92 Å². The van der Waals surface area contributed by atoms with Crippen molar-refractivity contribution in [1.29, 1.82) is 0 Å². The normalized spacial score (nSPS) is 12.0. The third-order valence-electron chi connectivity index (χ3n) is 4.91. The third kappa shape index (κ3) is 6.83. The maximum absolute atomic E-state index is 12.0. The van der Waals surface area contributed by atoms with Gasteiger partial charge in [-0.2, -0.15) is 0 Å². The maximum Gasteiger partial charge on any atom is 0.328 e. The van der Waals surface area contributed by atoms with Gasteiger partial charge in [-0.3, -0.25) is 9.78 Å².